The van der Waals surface area contributed by atoms with Gasteiger partial charge in [-0.3, -0.25) is 20.4 Å². The van der Waals surface area contributed by atoms with E-state index in [-0.39, 0.29) is 6.61 Å². The lowest BCUT2D eigenvalue weighted by molar-refractivity contribution is -0.123. The van der Waals surface area contributed by atoms with Crippen LogP contribution in [-0.2, 0) is 10.5 Å². The molecule has 0 bridgehead atoms. The summed E-state index contributed by atoms with van der Waals surface area (Å²) in [6.07, 6.45) is 0. The van der Waals surface area contributed by atoms with E-state index in [9.17, 15) is 9.59 Å². The van der Waals surface area contributed by atoms with Gasteiger partial charge in [-0.1, -0.05) is 29.4 Å². The largest absolute Gasteiger partial charge is 0.490 e. The Bertz CT molecular complexity index is 1060. The normalized spacial score (nSPS) is 10.5. The molecular formula is C23H25N3O5S. The van der Waals surface area contributed by atoms with Gasteiger partial charge in [-0.25, -0.2) is 0 Å². The fourth-order valence-electron chi connectivity index (χ4n) is 2.86. The van der Waals surface area contributed by atoms with Gasteiger partial charge in [0.15, 0.2) is 18.1 Å². The van der Waals surface area contributed by atoms with E-state index in [1.54, 1.807) is 30.3 Å². The Labute approximate surface area is 190 Å². The summed E-state index contributed by atoms with van der Waals surface area (Å²) in [6.45, 7) is 5.82. The molecule has 0 aliphatic heterocycles. The molecule has 2 N–H and O–H groups in total. The maximum Gasteiger partial charge on any atom is 0.276 e. The number of hydrogen-bond donors (Lipinski definition) is 2. The van der Waals surface area contributed by atoms with Gasteiger partial charge in [0.2, 0.25) is 0 Å². The van der Waals surface area contributed by atoms with Gasteiger partial charge in [0.05, 0.1) is 17.9 Å². The number of hydrazine groups is 1. The third-order valence-electron chi connectivity index (χ3n) is 4.51. The lowest BCUT2D eigenvalue weighted by atomic mass is 10.2. The van der Waals surface area contributed by atoms with Gasteiger partial charge < -0.3 is 14.0 Å². The lowest BCUT2D eigenvalue weighted by Gasteiger charge is -2.13. The van der Waals surface area contributed by atoms with Crippen LogP contribution in [0.2, 0.25) is 0 Å². The number of thioether (sulfide) groups is 1. The zero-order valence-electron chi connectivity index (χ0n) is 18.1. The second kappa shape index (κ2) is 11.2. The van der Waals surface area contributed by atoms with E-state index in [1.807, 2.05) is 39.0 Å². The minimum Gasteiger partial charge on any atom is -0.490 e. The first-order chi connectivity index (χ1) is 15.5. The first kappa shape index (κ1) is 23.2. The monoisotopic (exact) mass is 455 g/mol. The highest BCUT2D eigenvalue weighted by Gasteiger charge is 2.15. The maximum absolute atomic E-state index is 12.6. The van der Waals surface area contributed by atoms with Crippen LogP contribution in [0, 0.1) is 13.8 Å². The molecule has 0 saturated heterocycles. The molecule has 3 aromatic rings. The lowest BCUT2D eigenvalue weighted by Crippen LogP contribution is -2.44. The summed E-state index contributed by atoms with van der Waals surface area (Å²) in [5.41, 5.74) is 7.10. The molecule has 2 aromatic carbocycles. The molecule has 1 aromatic heterocycles. The molecule has 0 unspecified atom stereocenters. The van der Waals surface area contributed by atoms with E-state index in [0.717, 1.165) is 21.9 Å². The SMILES string of the molecule is CCOc1ccccc1OCC(=O)NNC(=O)c1ccccc1SCc1c(C)noc1C. The molecule has 0 spiro atoms. The minimum absolute atomic E-state index is 0.271. The zero-order chi connectivity index (χ0) is 22.9. The molecule has 0 aliphatic carbocycles. The third-order valence-corrected chi connectivity index (χ3v) is 5.61. The van der Waals surface area contributed by atoms with E-state index in [0.29, 0.717) is 29.4 Å². The number of aryl methyl sites for hydroxylation is 2. The van der Waals surface area contributed by atoms with Gasteiger partial charge in [-0.05, 0) is 45.0 Å². The molecule has 0 radical (unpaired) electrons. The van der Waals surface area contributed by atoms with Crippen molar-refractivity contribution in [2.75, 3.05) is 13.2 Å². The molecule has 0 atom stereocenters. The highest BCUT2D eigenvalue weighted by atomic mass is 32.2. The average Bonchev–Trinajstić information content (AvgIpc) is 3.13. The van der Waals surface area contributed by atoms with E-state index in [1.165, 1.54) is 11.8 Å². The Hall–Kier alpha value is -3.46. The molecule has 3 rings (SSSR count). The van der Waals surface area contributed by atoms with Crippen molar-refractivity contribution in [3.05, 3.63) is 71.1 Å². The number of amides is 2. The van der Waals surface area contributed by atoms with Crippen LogP contribution in [0.15, 0.2) is 57.9 Å². The van der Waals surface area contributed by atoms with Crippen LogP contribution < -0.4 is 20.3 Å². The maximum atomic E-state index is 12.6. The smallest absolute Gasteiger partial charge is 0.276 e. The Morgan fingerprint density at radius 3 is 2.38 bits per heavy atom. The van der Waals surface area contributed by atoms with Crippen molar-refractivity contribution < 1.29 is 23.6 Å². The fourth-order valence-corrected chi connectivity index (χ4v) is 4.06. The molecule has 0 fully saturated rings. The molecule has 168 valence electrons. The van der Waals surface area contributed by atoms with E-state index >= 15 is 0 Å². The van der Waals surface area contributed by atoms with Gasteiger partial charge >= 0.3 is 0 Å². The number of nitrogens with one attached hydrogen (secondary N) is 2. The number of para-hydroxylation sites is 2. The number of aromatic nitrogens is 1. The van der Waals surface area contributed by atoms with Crippen LogP contribution in [0.5, 0.6) is 11.5 Å². The van der Waals surface area contributed by atoms with Gasteiger partial charge in [-0.2, -0.15) is 0 Å². The Morgan fingerprint density at radius 2 is 1.69 bits per heavy atom. The number of carbonyl (C=O) groups excluding carboxylic acids is 2. The van der Waals surface area contributed by atoms with Crippen molar-refractivity contribution in [1.82, 2.24) is 16.0 Å². The van der Waals surface area contributed by atoms with Crippen LogP contribution in [0.4, 0.5) is 0 Å². The van der Waals surface area contributed by atoms with Gasteiger partial charge in [-0.15, -0.1) is 11.8 Å². The predicted octanol–water partition coefficient (Wildman–Crippen LogP) is 3.82. The van der Waals surface area contributed by atoms with Crippen LogP contribution >= 0.6 is 11.8 Å². The summed E-state index contributed by atoms with van der Waals surface area (Å²) in [5, 5.41) is 3.96. The second-order valence-electron chi connectivity index (χ2n) is 6.76. The third kappa shape index (κ3) is 6.04. The summed E-state index contributed by atoms with van der Waals surface area (Å²) in [4.78, 5) is 25.6. The number of ether oxygens (including phenoxy) is 2. The molecule has 0 saturated carbocycles. The topological polar surface area (TPSA) is 103 Å². The number of benzene rings is 2. The Kier molecular flexibility index (Phi) is 8.15. The Morgan fingerprint density at radius 1 is 1.00 bits per heavy atom. The zero-order valence-corrected chi connectivity index (χ0v) is 19.0. The minimum atomic E-state index is -0.495. The van der Waals surface area contributed by atoms with Gasteiger partial charge in [0, 0.05) is 16.2 Å². The molecule has 9 heteroatoms. The average molecular weight is 456 g/mol. The second-order valence-corrected chi connectivity index (χ2v) is 7.78. The fraction of sp³-hybridized carbons (Fsp3) is 0.261. The van der Waals surface area contributed by atoms with Crippen molar-refractivity contribution in [1.29, 1.82) is 0 Å². The number of nitrogens with zero attached hydrogens (tertiary/aromatic N) is 1. The first-order valence-electron chi connectivity index (χ1n) is 10.1. The van der Waals surface area contributed by atoms with Crippen LogP contribution in [0.3, 0.4) is 0 Å². The van der Waals surface area contributed by atoms with Gasteiger partial charge in [0.1, 0.15) is 5.76 Å². The quantitative estimate of drug-likeness (QED) is 0.373. The molecular weight excluding hydrogens is 430 g/mol. The first-order valence-corrected chi connectivity index (χ1v) is 11.1. The van der Waals surface area contributed by atoms with Crippen LogP contribution in [-0.4, -0.2) is 30.2 Å². The molecule has 1 heterocycles. The molecule has 2 amide bonds. The Balaban J connectivity index is 1.54. The van der Waals surface area contributed by atoms with Crippen LogP contribution in [0.1, 0.15) is 34.3 Å². The van der Waals surface area contributed by atoms with Crippen molar-refractivity contribution in [3.63, 3.8) is 0 Å². The number of carbonyl (C=O) groups is 2. The predicted molar refractivity (Wildman–Crippen MR) is 121 cm³/mol. The molecule has 32 heavy (non-hydrogen) atoms. The van der Waals surface area contributed by atoms with E-state index < -0.39 is 11.8 Å². The van der Waals surface area contributed by atoms with Gasteiger partial charge in [0.25, 0.3) is 11.8 Å². The molecule has 0 aliphatic rings. The summed E-state index contributed by atoms with van der Waals surface area (Å²) < 4.78 is 16.2. The number of rotatable bonds is 9. The summed E-state index contributed by atoms with van der Waals surface area (Å²) >= 11 is 1.50. The highest BCUT2D eigenvalue weighted by Crippen LogP contribution is 2.29. The molecule has 8 nitrogen and oxygen atoms in total. The van der Waals surface area contributed by atoms with E-state index in [2.05, 4.69) is 16.0 Å². The highest BCUT2D eigenvalue weighted by molar-refractivity contribution is 7.98. The van der Waals surface area contributed by atoms with E-state index in [4.69, 9.17) is 14.0 Å². The van der Waals surface area contributed by atoms with Crippen molar-refractivity contribution in [2.45, 2.75) is 31.4 Å². The van der Waals surface area contributed by atoms with Crippen LogP contribution in [0.25, 0.3) is 0 Å². The van der Waals surface area contributed by atoms with Crippen molar-refractivity contribution >= 4 is 23.6 Å². The summed E-state index contributed by atoms with van der Waals surface area (Å²) in [6, 6.07) is 14.3. The summed E-state index contributed by atoms with van der Waals surface area (Å²) in [5.74, 6) is 1.47. The summed E-state index contributed by atoms with van der Waals surface area (Å²) in [7, 11) is 0. The standard InChI is InChI=1S/C23H25N3O5S/c1-4-29-19-10-6-7-11-20(19)30-13-22(27)24-25-23(28)17-9-5-8-12-21(17)32-14-18-15(2)26-31-16(18)3/h5-12H,4,13-14H2,1-3H3,(H,24,27)(H,25,28). The van der Waals surface area contributed by atoms with Crippen molar-refractivity contribution in [2.24, 2.45) is 0 Å². The van der Waals surface area contributed by atoms with Crippen molar-refractivity contribution in [3.8, 4) is 11.5 Å². The number of hydrogen-bond acceptors (Lipinski definition) is 7.